The molecule has 1 saturated heterocycles. The fourth-order valence-corrected chi connectivity index (χ4v) is 8.60. The molecule has 1 unspecified atom stereocenters. The molecule has 0 saturated carbocycles. The minimum absolute atomic E-state index is 0.172. The fourth-order valence-electron chi connectivity index (χ4n) is 4.13. The van der Waals surface area contributed by atoms with E-state index in [0.29, 0.717) is 13.1 Å². The molecular weight excluding hydrogens is 457 g/mol. The molecule has 0 radical (unpaired) electrons. The molecule has 1 aliphatic heterocycles. The molecule has 1 fully saturated rings. The lowest BCUT2D eigenvalue weighted by molar-refractivity contribution is 0.564. The fraction of sp³-hybridized carbons (Fsp3) is 0.208. The largest absolute Gasteiger partial charge is 0.304 e. The quantitative estimate of drug-likeness (QED) is 0.372. The third kappa shape index (κ3) is 3.67. The summed E-state index contributed by atoms with van der Waals surface area (Å²) in [6, 6.07) is 28.1. The van der Waals surface area contributed by atoms with Gasteiger partial charge < -0.3 is 9.34 Å². The van der Waals surface area contributed by atoms with Crippen LogP contribution in [0.4, 0.5) is 11.4 Å². The number of nitriles is 1. The maximum atomic E-state index is 15.1. The van der Waals surface area contributed by atoms with Crippen LogP contribution >= 0.6 is 23.4 Å². The van der Waals surface area contributed by atoms with Crippen LogP contribution in [-0.4, -0.2) is 13.1 Å². The minimum Gasteiger partial charge on any atom is -0.304 e. The van der Waals surface area contributed by atoms with Crippen molar-refractivity contribution in [3.8, 4) is 6.07 Å². The molecule has 4 nitrogen and oxygen atoms in total. The summed E-state index contributed by atoms with van der Waals surface area (Å²) in [4.78, 5) is 0. The Balaban J connectivity index is 1.91. The third-order valence-electron chi connectivity index (χ3n) is 5.53. The van der Waals surface area contributed by atoms with Crippen molar-refractivity contribution in [3.63, 3.8) is 0 Å². The smallest absolute Gasteiger partial charge is 0.271 e. The maximum Gasteiger partial charge on any atom is 0.271 e. The van der Waals surface area contributed by atoms with E-state index >= 15 is 4.57 Å². The van der Waals surface area contributed by atoms with E-state index in [2.05, 4.69) is 22.0 Å². The van der Waals surface area contributed by atoms with Gasteiger partial charge in [-0.3, -0.25) is 4.57 Å². The molecule has 6 heteroatoms. The first-order valence-corrected chi connectivity index (χ1v) is 12.4. The number of hydrogen-bond acceptors (Lipinski definition) is 2. The summed E-state index contributed by atoms with van der Waals surface area (Å²) in [6.07, 6.45) is 0.172. The van der Waals surface area contributed by atoms with E-state index in [-0.39, 0.29) is 6.42 Å². The van der Waals surface area contributed by atoms with Gasteiger partial charge >= 0.3 is 0 Å². The zero-order valence-electron chi connectivity index (χ0n) is 16.8. The molecule has 0 spiro atoms. The molecule has 3 aromatic carbocycles. The van der Waals surface area contributed by atoms with Gasteiger partial charge in [-0.15, -0.1) is 0 Å². The maximum absolute atomic E-state index is 15.1. The van der Waals surface area contributed by atoms with Gasteiger partial charge in [0.1, 0.15) is 0 Å². The van der Waals surface area contributed by atoms with E-state index in [4.69, 9.17) is 0 Å². The summed E-state index contributed by atoms with van der Waals surface area (Å²) in [6.45, 7) is 3.31. The number of benzene rings is 3. The molecule has 4 rings (SSSR count). The van der Waals surface area contributed by atoms with E-state index in [9.17, 15) is 5.26 Å². The first-order valence-electron chi connectivity index (χ1n) is 9.94. The highest BCUT2D eigenvalue weighted by Gasteiger charge is 2.50. The predicted molar refractivity (Wildman–Crippen MR) is 127 cm³/mol. The molecule has 30 heavy (non-hydrogen) atoms. The Bertz CT molecular complexity index is 1060. The van der Waals surface area contributed by atoms with E-state index in [1.165, 1.54) is 0 Å². The van der Waals surface area contributed by atoms with E-state index in [0.717, 1.165) is 27.0 Å². The number of hydrogen-bond donors (Lipinski definition) is 0. The van der Waals surface area contributed by atoms with Gasteiger partial charge in [-0.2, -0.15) is 5.26 Å². The van der Waals surface area contributed by atoms with Crippen LogP contribution in [-0.2, 0) is 4.57 Å². The standard InChI is InChI=1S/C24H23BrN3OP/c1-19-12-13-22(23(25)18-19)24(14-15-26)30(29)27(20-8-4-2-5-9-20)16-17-28(30)21-10-6-3-7-11-21/h2-13,18,24H,14,16-17H2,1H3. The average molecular weight is 480 g/mol. The molecular formula is C24H23BrN3OP. The van der Waals surface area contributed by atoms with Crippen molar-refractivity contribution in [2.24, 2.45) is 0 Å². The Kier molecular flexibility index (Phi) is 5.99. The molecule has 1 atom stereocenters. The van der Waals surface area contributed by atoms with Gasteiger partial charge in [-0.25, -0.2) is 0 Å². The van der Waals surface area contributed by atoms with Gasteiger partial charge in [0.15, 0.2) is 0 Å². The van der Waals surface area contributed by atoms with Crippen LogP contribution in [0.15, 0.2) is 83.3 Å². The van der Waals surface area contributed by atoms with Gasteiger partial charge in [0.05, 0.1) is 18.1 Å². The zero-order valence-corrected chi connectivity index (χ0v) is 19.3. The summed E-state index contributed by atoms with van der Waals surface area (Å²) in [5.41, 5.74) is 3.43. The molecule has 0 N–H and O–H groups in total. The molecule has 0 aliphatic carbocycles. The zero-order chi connectivity index (χ0) is 21.1. The van der Waals surface area contributed by atoms with Crippen molar-refractivity contribution >= 4 is 34.7 Å². The summed E-state index contributed by atoms with van der Waals surface area (Å²) < 4.78 is 20.0. The monoisotopic (exact) mass is 479 g/mol. The second kappa shape index (κ2) is 8.68. The van der Waals surface area contributed by atoms with Gasteiger partial charge in [0.25, 0.3) is 7.44 Å². The van der Waals surface area contributed by atoms with Crippen molar-refractivity contribution in [3.05, 3.63) is 94.5 Å². The normalized spacial score (nSPS) is 16.3. The number of para-hydroxylation sites is 2. The molecule has 1 heterocycles. The summed E-state index contributed by atoms with van der Waals surface area (Å²) in [5, 5.41) is 9.71. The first kappa shape index (κ1) is 20.7. The Hall–Kier alpha value is -2.54. The number of anilines is 2. The van der Waals surface area contributed by atoms with E-state index in [1.54, 1.807) is 0 Å². The molecule has 3 aromatic rings. The Morgan fingerprint density at radius 2 is 1.50 bits per heavy atom. The van der Waals surface area contributed by atoms with E-state index < -0.39 is 13.1 Å². The molecule has 0 bridgehead atoms. The van der Waals surface area contributed by atoms with Crippen LogP contribution in [0.25, 0.3) is 0 Å². The molecule has 1 aliphatic rings. The van der Waals surface area contributed by atoms with Crippen LogP contribution in [0.3, 0.4) is 0 Å². The number of halogens is 1. The molecule has 152 valence electrons. The average Bonchev–Trinajstić information content (AvgIpc) is 3.12. The van der Waals surface area contributed by atoms with Gasteiger partial charge in [-0.05, 0) is 48.4 Å². The minimum atomic E-state index is -3.21. The summed E-state index contributed by atoms with van der Waals surface area (Å²) in [5.74, 6) is 0. The van der Waals surface area contributed by atoms with Crippen LogP contribution in [0.5, 0.6) is 0 Å². The lowest BCUT2D eigenvalue weighted by Gasteiger charge is -2.38. The second-order valence-electron chi connectivity index (χ2n) is 7.41. The highest BCUT2D eigenvalue weighted by molar-refractivity contribution is 9.10. The van der Waals surface area contributed by atoms with Crippen LogP contribution in [0.1, 0.15) is 23.2 Å². The van der Waals surface area contributed by atoms with Crippen LogP contribution in [0, 0.1) is 18.3 Å². The number of aryl methyl sites for hydroxylation is 1. The Morgan fingerprint density at radius 3 is 1.97 bits per heavy atom. The molecule has 0 aromatic heterocycles. The van der Waals surface area contributed by atoms with Crippen LogP contribution < -0.4 is 9.34 Å². The van der Waals surface area contributed by atoms with Crippen molar-refractivity contribution < 1.29 is 4.57 Å². The lowest BCUT2D eigenvalue weighted by atomic mass is 10.1. The number of nitrogens with zero attached hydrogens (tertiary/aromatic N) is 3. The van der Waals surface area contributed by atoms with E-state index in [1.807, 2.05) is 95.1 Å². The van der Waals surface area contributed by atoms with Crippen molar-refractivity contribution in [2.75, 3.05) is 22.4 Å². The SMILES string of the molecule is Cc1ccc(C(CC#N)P2(=O)N(c3ccccc3)CCN2c2ccccc2)c(Br)c1. The van der Waals surface area contributed by atoms with Crippen molar-refractivity contribution in [1.29, 1.82) is 5.26 Å². The van der Waals surface area contributed by atoms with Crippen LogP contribution in [0.2, 0.25) is 0 Å². The highest BCUT2D eigenvalue weighted by Crippen LogP contribution is 2.70. The van der Waals surface area contributed by atoms with Crippen molar-refractivity contribution in [2.45, 2.75) is 19.0 Å². The van der Waals surface area contributed by atoms with Gasteiger partial charge in [0, 0.05) is 28.9 Å². The number of rotatable bonds is 5. The molecule has 0 amide bonds. The lowest BCUT2D eigenvalue weighted by Crippen LogP contribution is -2.24. The topological polar surface area (TPSA) is 47.3 Å². The second-order valence-corrected chi connectivity index (χ2v) is 11.0. The first-order chi connectivity index (χ1) is 14.6. The summed E-state index contributed by atoms with van der Waals surface area (Å²) in [7, 11) is -3.21. The highest BCUT2D eigenvalue weighted by atomic mass is 79.9. The Labute approximate surface area is 186 Å². The van der Waals surface area contributed by atoms with Gasteiger partial charge in [0.2, 0.25) is 0 Å². The summed E-state index contributed by atoms with van der Waals surface area (Å²) >= 11 is 3.67. The Morgan fingerprint density at radius 1 is 0.967 bits per heavy atom. The predicted octanol–water partition coefficient (Wildman–Crippen LogP) is 6.93. The van der Waals surface area contributed by atoms with Crippen molar-refractivity contribution in [1.82, 2.24) is 0 Å². The van der Waals surface area contributed by atoms with Gasteiger partial charge in [-0.1, -0.05) is 64.5 Å². The third-order valence-corrected chi connectivity index (χ3v) is 9.73.